The molecule has 0 bridgehead atoms. The fourth-order valence-corrected chi connectivity index (χ4v) is 4.34. The quantitative estimate of drug-likeness (QED) is 0.592. The minimum Gasteiger partial charge on any atom is -0.370 e. The van der Waals surface area contributed by atoms with Gasteiger partial charge in [0.05, 0.1) is 6.61 Å². The maximum atomic E-state index is 14.0. The topological polar surface area (TPSA) is 58.8 Å². The Hall–Kier alpha value is -2.04. The van der Waals surface area contributed by atoms with Crippen LogP contribution in [0.1, 0.15) is 18.1 Å². The van der Waals surface area contributed by atoms with Gasteiger partial charge in [0.25, 0.3) is 0 Å². The third-order valence-electron chi connectivity index (χ3n) is 5.76. The molecule has 0 saturated carbocycles. The number of benzene rings is 1. The lowest BCUT2D eigenvalue weighted by molar-refractivity contribution is -0.184. The van der Waals surface area contributed by atoms with E-state index in [9.17, 15) is 26.7 Å². The van der Waals surface area contributed by atoms with Crippen LogP contribution >= 0.6 is 0 Å². The van der Waals surface area contributed by atoms with Crippen LogP contribution in [0, 0.1) is 11.6 Å². The number of hydrogen-bond acceptors (Lipinski definition) is 4. The Morgan fingerprint density at radius 2 is 1.76 bits per heavy atom. The first kappa shape index (κ1) is 20.2. The average Bonchev–Trinajstić information content (AvgIpc) is 3.21. The summed E-state index contributed by atoms with van der Waals surface area (Å²) in [5.74, 6) is -2.97. The van der Waals surface area contributed by atoms with Gasteiger partial charge in [-0.05, 0) is 35.8 Å². The first-order valence-electron chi connectivity index (χ1n) is 9.25. The van der Waals surface area contributed by atoms with E-state index in [1.54, 1.807) is 0 Å². The lowest BCUT2D eigenvalue weighted by atomic mass is 9.93. The number of carbonyl (C=O) groups is 1. The second kappa shape index (κ2) is 7.33. The third kappa shape index (κ3) is 3.88. The first-order valence-corrected chi connectivity index (χ1v) is 9.25. The van der Waals surface area contributed by atoms with Crippen LogP contribution in [0.2, 0.25) is 0 Å². The normalized spacial score (nSPS) is 28.2. The molecule has 0 radical (unpaired) electrons. The van der Waals surface area contributed by atoms with Crippen molar-refractivity contribution < 1.29 is 31.5 Å². The van der Waals surface area contributed by atoms with Crippen LogP contribution in [0.15, 0.2) is 29.3 Å². The number of nitrogens with zero attached hydrogens (tertiary/aromatic N) is 2. The van der Waals surface area contributed by atoms with E-state index in [-0.39, 0.29) is 31.3 Å². The highest BCUT2D eigenvalue weighted by molar-refractivity contribution is 5.83. The van der Waals surface area contributed by atoms with Gasteiger partial charge in [-0.3, -0.25) is 9.69 Å². The lowest BCUT2D eigenvalue weighted by Gasteiger charge is -2.39. The summed E-state index contributed by atoms with van der Waals surface area (Å²) in [5, 5.41) is 0. The Bertz CT molecular complexity index is 839. The number of nitrogens with two attached hydrogens (primary N) is 1. The van der Waals surface area contributed by atoms with Crippen molar-refractivity contribution in [1.82, 2.24) is 9.80 Å². The Morgan fingerprint density at radius 3 is 2.34 bits per heavy atom. The highest BCUT2D eigenvalue weighted by Crippen LogP contribution is 2.35. The Morgan fingerprint density at radius 1 is 1.10 bits per heavy atom. The molecule has 3 heterocycles. The van der Waals surface area contributed by atoms with Crippen molar-refractivity contribution in [3.05, 3.63) is 46.5 Å². The van der Waals surface area contributed by atoms with Crippen molar-refractivity contribution in [3.8, 4) is 0 Å². The molecular weight excluding hydrogens is 397 g/mol. The smallest absolute Gasteiger partial charge is 0.370 e. The molecule has 0 aromatic heterocycles. The van der Waals surface area contributed by atoms with Gasteiger partial charge in [-0.1, -0.05) is 0 Å². The minimum atomic E-state index is -4.87. The molecule has 0 aliphatic carbocycles. The molecule has 4 rings (SSSR count). The zero-order chi connectivity index (χ0) is 20.9. The summed E-state index contributed by atoms with van der Waals surface area (Å²) in [6.45, 7) is 1.08. The summed E-state index contributed by atoms with van der Waals surface area (Å²) in [5.41, 5.74) is 7.89. The van der Waals surface area contributed by atoms with E-state index in [2.05, 4.69) is 4.90 Å². The van der Waals surface area contributed by atoms with Gasteiger partial charge < -0.3 is 15.4 Å². The number of ether oxygens (including phenoxy) is 1. The minimum absolute atomic E-state index is 0.0268. The van der Waals surface area contributed by atoms with E-state index in [4.69, 9.17) is 10.5 Å². The molecule has 3 atom stereocenters. The summed E-state index contributed by atoms with van der Waals surface area (Å²) in [6, 6.07) is 2.51. The SMILES string of the molecule is N[C@H]1C[C@@H](N2CC3=C(CN(C(=O)C(F)(F)F)C3)C2)CO[C@@H]1c1cc(F)ccc1F. The van der Waals surface area contributed by atoms with Crippen molar-refractivity contribution in [2.45, 2.75) is 30.8 Å². The fourth-order valence-electron chi connectivity index (χ4n) is 4.34. The zero-order valence-corrected chi connectivity index (χ0v) is 15.4. The zero-order valence-electron chi connectivity index (χ0n) is 15.4. The van der Waals surface area contributed by atoms with Crippen molar-refractivity contribution in [2.75, 3.05) is 32.8 Å². The van der Waals surface area contributed by atoms with Crippen molar-refractivity contribution in [1.29, 1.82) is 0 Å². The molecule has 5 nitrogen and oxygen atoms in total. The number of amides is 1. The molecule has 1 saturated heterocycles. The fraction of sp³-hybridized carbons (Fsp3) is 0.526. The molecule has 1 amide bonds. The summed E-state index contributed by atoms with van der Waals surface area (Å²) >= 11 is 0. The Labute approximate surface area is 163 Å². The summed E-state index contributed by atoms with van der Waals surface area (Å²) in [4.78, 5) is 14.3. The van der Waals surface area contributed by atoms with Crippen LogP contribution in [0.3, 0.4) is 0 Å². The van der Waals surface area contributed by atoms with Gasteiger partial charge in [-0.2, -0.15) is 13.2 Å². The van der Waals surface area contributed by atoms with Crippen LogP contribution in [-0.2, 0) is 9.53 Å². The van der Waals surface area contributed by atoms with E-state index in [1.807, 2.05) is 0 Å². The molecule has 158 valence electrons. The predicted molar refractivity (Wildman–Crippen MR) is 92.7 cm³/mol. The number of rotatable bonds is 2. The molecular formula is C19H20F5N3O2. The molecule has 1 aromatic carbocycles. The maximum absolute atomic E-state index is 14.0. The summed E-state index contributed by atoms with van der Waals surface area (Å²) < 4.78 is 71.1. The van der Waals surface area contributed by atoms with E-state index in [0.717, 1.165) is 34.2 Å². The van der Waals surface area contributed by atoms with E-state index in [1.165, 1.54) is 0 Å². The molecule has 10 heteroatoms. The van der Waals surface area contributed by atoms with Gasteiger partial charge in [-0.15, -0.1) is 0 Å². The molecule has 2 N–H and O–H groups in total. The van der Waals surface area contributed by atoms with E-state index in [0.29, 0.717) is 19.5 Å². The molecule has 3 aliphatic heterocycles. The third-order valence-corrected chi connectivity index (χ3v) is 5.76. The second-order valence-corrected chi connectivity index (χ2v) is 7.74. The lowest BCUT2D eigenvalue weighted by Crippen LogP contribution is -2.50. The van der Waals surface area contributed by atoms with Crippen molar-refractivity contribution in [2.24, 2.45) is 5.73 Å². The molecule has 3 aliphatic rings. The maximum Gasteiger partial charge on any atom is 0.471 e. The standard InChI is InChI=1S/C19H20F5N3O2/c20-12-1-2-15(21)14(3-12)17-16(25)4-13(9-29-17)26-5-10-7-27(8-11(10)6-26)18(28)19(22,23)24/h1-3,13,16-17H,4-9,25H2/t13-,16+,17-/m1/s1. The van der Waals surface area contributed by atoms with E-state index >= 15 is 0 Å². The number of hydrogen-bond donors (Lipinski definition) is 1. The van der Waals surface area contributed by atoms with Gasteiger partial charge in [0.15, 0.2) is 0 Å². The summed E-state index contributed by atoms with van der Waals surface area (Å²) in [6.07, 6.45) is -5.15. The highest BCUT2D eigenvalue weighted by atomic mass is 19.4. The largest absolute Gasteiger partial charge is 0.471 e. The molecule has 1 aromatic rings. The number of halogens is 5. The van der Waals surface area contributed by atoms with Gasteiger partial charge in [0, 0.05) is 43.8 Å². The average molecular weight is 417 g/mol. The van der Waals surface area contributed by atoms with Crippen LogP contribution < -0.4 is 5.73 Å². The number of alkyl halides is 3. The molecule has 0 spiro atoms. The Balaban J connectivity index is 1.35. The van der Waals surface area contributed by atoms with Gasteiger partial charge in [-0.25, -0.2) is 8.78 Å². The monoisotopic (exact) mass is 417 g/mol. The molecule has 0 unspecified atom stereocenters. The van der Waals surface area contributed by atoms with Gasteiger partial charge >= 0.3 is 12.1 Å². The van der Waals surface area contributed by atoms with Crippen molar-refractivity contribution in [3.63, 3.8) is 0 Å². The van der Waals surface area contributed by atoms with Crippen LogP contribution in [0.25, 0.3) is 0 Å². The first-order chi connectivity index (χ1) is 13.6. The predicted octanol–water partition coefficient (Wildman–Crippen LogP) is 2.14. The van der Waals surface area contributed by atoms with Crippen LogP contribution in [-0.4, -0.2) is 66.8 Å². The molecule has 29 heavy (non-hydrogen) atoms. The number of carbonyl (C=O) groups excluding carboxylic acids is 1. The van der Waals surface area contributed by atoms with Crippen LogP contribution in [0.4, 0.5) is 22.0 Å². The van der Waals surface area contributed by atoms with E-state index < -0.39 is 35.9 Å². The van der Waals surface area contributed by atoms with Crippen molar-refractivity contribution >= 4 is 5.91 Å². The Kier molecular flexibility index (Phi) is 5.12. The van der Waals surface area contributed by atoms with Crippen LogP contribution in [0.5, 0.6) is 0 Å². The highest BCUT2D eigenvalue weighted by Gasteiger charge is 2.46. The van der Waals surface area contributed by atoms with Gasteiger partial charge in [0.2, 0.25) is 0 Å². The van der Waals surface area contributed by atoms with Gasteiger partial charge in [0.1, 0.15) is 17.7 Å². The summed E-state index contributed by atoms with van der Waals surface area (Å²) in [7, 11) is 0. The second-order valence-electron chi connectivity index (χ2n) is 7.74. The molecule has 1 fully saturated rings.